The summed E-state index contributed by atoms with van der Waals surface area (Å²) in [5.41, 5.74) is 10.1. The molecule has 0 bridgehead atoms. The number of hydrogen-bond acceptors (Lipinski definition) is 6. The molecule has 11 nitrogen and oxygen atoms in total. The third-order valence-corrected chi connectivity index (χ3v) is 5.52. The highest BCUT2D eigenvalue weighted by Gasteiger charge is 2.32. The Balaban J connectivity index is 2.90. The van der Waals surface area contributed by atoms with E-state index in [1.807, 2.05) is 26.0 Å². The van der Waals surface area contributed by atoms with E-state index >= 15 is 0 Å². The van der Waals surface area contributed by atoms with Crippen LogP contribution in [-0.4, -0.2) is 65.9 Å². The minimum atomic E-state index is -1.18. The van der Waals surface area contributed by atoms with Gasteiger partial charge in [-0.05, 0) is 88.2 Å². The van der Waals surface area contributed by atoms with Crippen molar-refractivity contribution >= 4 is 18.0 Å². The number of carbonyl (C=O) groups excluding carboxylic acids is 2. The molecule has 2 atom stereocenters. The Morgan fingerprint density at radius 3 is 2.31 bits per heavy atom. The van der Waals surface area contributed by atoms with Gasteiger partial charge in [-0.25, -0.2) is 9.59 Å². The van der Waals surface area contributed by atoms with Gasteiger partial charge in [0.2, 0.25) is 5.91 Å². The lowest BCUT2D eigenvalue weighted by Crippen LogP contribution is -2.53. The van der Waals surface area contributed by atoms with E-state index in [1.54, 1.807) is 27.7 Å². The van der Waals surface area contributed by atoms with Gasteiger partial charge in [0.1, 0.15) is 23.4 Å². The molecule has 0 unspecified atom stereocenters. The van der Waals surface area contributed by atoms with Crippen LogP contribution in [0.25, 0.3) is 10.4 Å². The summed E-state index contributed by atoms with van der Waals surface area (Å²) in [5, 5.41) is 15.9. The van der Waals surface area contributed by atoms with Crippen molar-refractivity contribution in [3.05, 3.63) is 39.3 Å². The van der Waals surface area contributed by atoms with E-state index in [0.29, 0.717) is 25.3 Å². The molecule has 2 amide bonds. The molecule has 1 aromatic rings. The summed E-state index contributed by atoms with van der Waals surface area (Å²) < 4.78 is 11.1. The second kappa shape index (κ2) is 14.2. The third kappa shape index (κ3) is 10.0. The number of amides is 2. The number of azide groups is 1. The fraction of sp³-hybridized carbons (Fsp3) is 0.640. The third-order valence-electron chi connectivity index (χ3n) is 5.52. The molecular formula is C25H39N5O6. The summed E-state index contributed by atoms with van der Waals surface area (Å²) in [5.74, 6) is -1.06. The van der Waals surface area contributed by atoms with Crippen LogP contribution in [0.5, 0.6) is 5.75 Å². The van der Waals surface area contributed by atoms with Crippen LogP contribution in [0.15, 0.2) is 17.2 Å². The summed E-state index contributed by atoms with van der Waals surface area (Å²) >= 11 is 0. The van der Waals surface area contributed by atoms with Crippen molar-refractivity contribution < 1.29 is 29.0 Å². The van der Waals surface area contributed by atoms with E-state index in [4.69, 9.17) is 15.0 Å². The van der Waals surface area contributed by atoms with E-state index in [1.165, 1.54) is 11.9 Å². The van der Waals surface area contributed by atoms with Crippen LogP contribution >= 0.6 is 0 Å². The van der Waals surface area contributed by atoms with Gasteiger partial charge in [-0.15, -0.1) is 0 Å². The first-order valence-electron chi connectivity index (χ1n) is 12.0. The highest BCUT2D eigenvalue weighted by atomic mass is 16.6. The van der Waals surface area contributed by atoms with Crippen molar-refractivity contribution in [2.75, 3.05) is 20.2 Å². The molecule has 0 spiro atoms. The van der Waals surface area contributed by atoms with Crippen LogP contribution in [0, 0.1) is 13.8 Å². The number of likely N-dealkylation sites (N-methyl/N-ethyl adjacent to an activating group) is 1. The summed E-state index contributed by atoms with van der Waals surface area (Å²) in [4.78, 5) is 41.3. The van der Waals surface area contributed by atoms with Crippen molar-refractivity contribution in [1.29, 1.82) is 0 Å². The lowest BCUT2D eigenvalue weighted by molar-refractivity contribution is -0.142. The van der Waals surface area contributed by atoms with Gasteiger partial charge in [0, 0.05) is 24.9 Å². The maximum Gasteiger partial charge on any atom is 0.410 e. The topological polar surface area (TPSA) is 154 Å². The first-order valence-corrected chi connectivity index (χ1v) is 12.0. The lowest BCUT2D eigenvalue weighted by atomic mass is 9.95. The second-order valence-corrected chi connectivity index (χ2v) is 9.66. The zero-order chi connectivity index (χ0) is 27.5. The van der Waals surface area contributed by atoms with E-state index in [-0.39, 0.29) is 6.42 Å². The number of carboxylic acids is 1. The lowest BCUT2D eigenvalue weighted by Gasteiger charge is -2.30. The van der Waals surface area contributed by atoms with E-state index in [9.17, 15) is 19.5 Å². The number of aryl methyl sites for hydroxylation is 2. The number of carboxylic acid groups (broad SMARTS) is 1. The second-order valence-electron chi connectivity index (χ2n) is 9.66. The van der Waals surface area contributed by atoms with E-state index in [2.05, 4.69) is 15.3 Å². The molecule has 2 N–H and O–H groups in total. The SMILES string of the molecule is CC[C@@H](C(=O)N[C@@H](Cc1c(C)cc(OCCCCN=[N+]=[N-])cc1C)C(=O)O)N(C)C(=O)OC(C)(C)C. The van der Waals surface area contributed by atoms with Gasteiger partial charge in [0.15, 0.2) is 0 Å². The van der Waals surface area contributed by atoms with Gasteiger partial charge in [0.05, 0.1) is 6.61 Å². The molecule has 0 aliphatic heterocycles. The molecule has 0 aliphatic carbocycles. The summed E-state index contributed by atoms with van der Waals surface area (Å²) in [6.45, 7) is 11.5. The van der Waals surface area contributed by atoms with Crippen LogP contribution < -0.4 is 10.1 Å². The van der Waals surface area contributed by atoms with E-state index < -0.39 is 35.7 Å². The molecule has 1 aromatic carbocycles. The molecule has 36 heavy (non-hydrogen) atoms. The maximum atomic E-state index is 13.0. The minimum Gasteiger partial charge on any atom is -0.494 e. The van der Waals surface area contributed by atoms with Crippen molar-refractivity contribution in [2.45, 2.75) is 84.9 Å². The predicted octanol–water partition coefficient (Wildman–Crippen LogP) is 4.53. The number of ether oxygens (including phenoxy) is 2. The first kappa shape index (κ1) is 30.6. The Labute approximate surface area is 212 Å². The predicted molar refractivity (Wildman–Crippen MR) is 136 cm³/mol. The van der Waals surface area contributed by atoms with Gasteiger partial charge >= 0.3 is 12.1 Å². The van der Waals surface area contributed by atoms with Crippen molar-refractivity contribution in [3.8, 4) is 5.75 Å². The van der Waals surface area contributed by atoms with Crippen molar-refractivity contribution in [1.82, 2.24) is 10.2 Å². The Kier molecular flexibility index (Phi) is 12.0. The van der Waals surface area contributed by atoms with Crippen LogP contribution in [0.2, 0.25) is 0 Å². The Morgan fingerprint density at radius 2 is 1.81 bits per heavy atom. The minimum absolute atomic E-state index is 0.0811. The number of carbonyl (C=O) groups is 3. The number of nitrogens with one attached hydrogen (secondary N) is 1. The molecule has 0 aromatic heterocycles. The number of nitrogens with zero attached hydrogens (tertiary/aromatic N) is 4. The largest absolute Gasteiger partial charge is 0.494 e. The Morgan fingerprint density at radius 1 is 1.19 bits per heavy atom. The van der Waals surface area contributed by atoms with Crippen LogP contribution in [0.4, 0.5) is 4.79 Å². The fourth-order valence-electron chi connectivity index (χ4n) is 3.65. The molecular weight excluding hydrogens is 466 g/mol. The molecule has 0 aliphatic rings. The smallest absolute Gasteiger partial charge is 0.410 e. The van der Waals surface area contributed by atoms with Gasteiger partial charge in [-0.3, -0.25) is 9.69 Å². The Bertz CT molecular complexity index is 945. The van der Waals surface area contributed by atoms with Crippen LogP contribution in [-0.2, 0) is 20.7 Å². The van der Waals surface area contributed by atoms with Crippen LogP contribution in [0.3, 0.4) is 0 Å². The maximum absolute atomic E-state index is 13.0. The highest BCUT2D eigenvalue weighted by molar-refractivity contribution is 5.89. The molecule has 0 fully saturated rings. The zero-order valence-electron chi connectivity index (χ0n) is 22.3. The monoisotopic (exact) mass is 505 g/mol. The average Bonchev–Trinajstić information content (AvgIpc) is 2.76. The summed E-state index contributed by atoms with van der Waals surface area (Å²) in [6, 6.07) is 1.62. The first-order chi connectivity index (χ1) is 16.8. The van der Waals surface area contributed by atoms with Gasteiger partial charge in [0.25, 0.3) is 0 Å². The fourth-order valence-corrected chi connectivity index (χ4v) is 3.65. The molecule has 200 valence electrons. The van der Waals surface area contributed by atoms with Crippen molar-refractivity contribution in [2.24, 2.45) is 5.11 Å². The number of aliphatic carboxylic acids is 1. The summed E-state index contributed by atoms with van der Waals surface area (Å²) in [7, 11) is 1.46. The number of benzene rings is 1. The average molecular weight is 506 g/mol. The van der Waals surface area contributed by atoms with Crippen LogP contribution in [0.1, 0.15) is 63.6 Å². The van der Waals surface area contributed by atoms with Gasteiger partial charge < -0.3 is 19.9 Å². The normalized spacial score (nSPS) is 12.6. The summed E-state index contributed by atoms with van der Waals surface area (Å²) in [6.07, 6.45) is 1.18. The Hall–Kier alpha value is -3.46. The number of rotatable bonds is 13. The molecule has 0 saturated heterocycles. The quantitative estimate of drug-likeness (QED) is 0.174. The molecule has 1 rings (SSSR count). The zero-order valence-corrected chi connectivity index (χ0v) is 22.3. The molecule has 0 saturated carbocycles. The highest BCUT2D eigenvalue weighted by Crippen LogP contribution is 2.24. The molecule has 0 heterocycles. The van der Waals surface area contributed by atoms with Gasteiger partial charge in [-0.1, -0.05) is 12.0 Å². The van der Waals surface area contributed by atoms with Gasteiger partial charge in [-0.2, -0.15) is 0 Å². The van der Waals surface area contributed by atoms with Crippen molar-refractivity contribution in [3.63, 3.8) is 0 Å². The molecule has 0 radical (unpaired) electrons. The standard InChI is InChI=1S/C25H39N5O6/c1-8-21(30(7)24(34)36-25(4,5)6)22(31)28-20(23(32)33)15-19-16(2)13-18(14-17(19)3)35-12-10-9-11-27-29-26/h13-14,20-21H,8-12,15H2,1-7H3,(H,28,31)(H,32,33)/t20-,21-/m0/s1. The molecule has 11 heteroatoms. The van der Waals surface area contributed by atoms with E-state index in [0.717, 1.165) is 29.5 Å². The number of unbranched alkanes of at least 4 members (excludes halogenated alkanes) is 1. The number of hydrogen-bond donors (Lipinski definition) is 2.